The highest BCUT2D eigenvalue weighted by atomic mass is 32.2. The van der Waals surface area contributed by atoms with Gasteiger partial charge in [0.1, 0.15) is 10.5 Å². The number of hydrogen-bond acceptors (Lipinski definition) is 4. The topological polar surface area (TPSA) is 55.8 Å². The predicted molar refractivity (Wildman–Crippen MR) is 77.8 cm³/mol. The van der Waals surface area contributed by atoms with E-state index < -0.39 is 12.2 Å². The quantitative estimate of drug-likeness (QED) is 0.473. The third kappa shape index (κ3) is 3.07. The van der Waals surface area contributed by atoms with Crippen LogP contribution in [-0.4, -0.2) is 50.0 Å². The number of carbonyl (C=O) groups is 1. The van der Waals surface area contributed by atoms with Gasteiger partial charge in [-0.25, -0.2) is 4.79 Å². The molecule has 0 saturated carbocycles. The van der Waals surface area contributed by atoms with Gasteiger partial charge in [-0.1, -0.05) is 37.3 Å². The lowest BCUT2D eigenvalue weighted by Crippen LogP contribution is -2.56. The van der Waals surface area contributed by atoms with Gasteiger partial charge in [0.25, 0.3) is 0 Å². The molecule has 0 radical (unpaired) electrons. The van der Waals surface area contributed by atoms with Crippen molar-refractivity contribution in [3.8, 4) is 0 Å². The lowest BCUT2D eigenvalue weighted by Gasteiger charge is -2.36. The van der Waals surface area contributed by atoms with Gasteiger partial charge in [0.2, 0.25) is 0 Å². The molecular formula is C11H21N3O2S2. The van der Waals surface area contributed by atoms with Gasteiger partial charge in [-0.3, -0.25) is 5.21 Å². The van der Waals surface area contributed by atoms with Crippen molar-refractivity contribution in [2.45, 2.75) is 44.5 Å². The summed E-state index contributed by atoms with van der Waals surface area (Å²) in [6.45, 7) is 6.81. The summed E-state index contributed by atoms with van der Waals surface area (Å²) in [5, 5.41) is 13.2. The number of hydroxylamine groups is 2. The second kappa shape index (κ2) is 6.08. The van der Waals surface area contributed by atoms with Gasteiger partial charge in [-0.2, -0.15) is 5.06 Å². The molecule has 1 saturated heterocycles. The van der Waals surface area contributed by atoms with E-state index >= 15 is 0 Å². The molecule has 1 aliphatic heterocycles. The molecule has 1 heterocycles. The average molecular weight is 291 g/mol. The van der Waals surface area contributed by atoms with Crippen LogP contribution in [0.15, 0.2) is 0 Å². The summed E-state index contributed by atoms with van der Waals surface area (Å²) < 4.78 is 0.410. The second-order valence-electron chi connectivity index (χ2n) is 4.79. The Morgan fingerprint density at radius 2 is 2.28 bits per heavy atom. The zero-order chi connectivity index (χ0) is 13.9. The predicted octanol–water partition coefficient (Wildman–Crippen LogP) is 2.26. The SMILES string of the molecule is CCCCN1C(=S)SC(C)(C)[C@H]1N(O)C(=O)NC. The average Bonchev–Trinajstić information content (AvgIpc) is 2.53. The van der Waals surface area contributed by atoms with Crippen LogP contribution in [-0.2, 0) is 0 Å². The van der Waals surface area contributed by atoms with Crippen LogP contribution in [0.1, 0.15) is 33.6 Å². The van der Waals surface area contributed by atoms with Gasteiger partial charge in [0, 0.05) is 13.6 Å². The van der Waals surface area contributed by atoms with Crippen molar-refractivity contribution < 1.29 is 10.0 Å². The Hall–Kier alpha value is -0.530. The van der Waals surface area contributed by atoms with E-state index in [0.29, 0.717) is 0 Å². The maximum atomic E-state index is 11.6. The minimum absolute atomic E-state index is 0.327. The molecule has 1 rings (SSSR count). The molecule has 1 aliphatic rings. The van der Waals surface area contributed by atoms with Crippen LogP contribution in [0.3, 0.4) is 0 Å². The zero-order valence-corrected chi connectivity index (χ0v) is 12.9. The van der Waals surface area contributed by atoms with E-state index in [-0.39, 0.29) is 4.75 Å². The molecule has 1 atom stereocenters. The van der Waals surface area contributed by atoms with Gasteiger partial charge in [0.15, 0.2) is 0 Å². The highest BCUT2D eigenvalue weighted by Crippen LogP contribution is 2.42. The van der Waals surface area contributed by atoms with Crippen molar-refractivity contribution in [2.75, 3.05) is 13.6 Å². The number of thioether (sulfide) groups is 1. The molecule has 0 aromatic heterocycles. The van der Waals surface area contributed by atoms with Crippen LogP contribution in [0.25, 0.3) is 0 Å². The zero-order valence-electron chi connectivity index (χ0n) is 11.3. The Bertz CT molecular complexity index is 336. The fraction of sp³-hybridized carbons (Fsp3) is 0.818. The standard InChI is InChI=1S/C11H21N3O2S2/c1-5-6-7-13-8(14(16)9(15)12-4)11(2,3)18-10(13)17/h8,16H,5-7H2,1-4H3,(H,12,15)/t8-/m1/s1. The van der Waals surface area contributed by atoms with E-state index in [2.05, 4.69) is 12.2 Å². The number of unbranched alkanes of at least 4 members (excludes halogenated alkanes) is 1. The normalized spacial score (nSPS) is 22.2. The minimum atomic E-state index is -0.514. The van der Waals surface area contributed by atoms with Crippen LogP contribution < -0.4 is 5.32 Å². The highest BCUT2D eigenvalue weighted by molar-refractivity contribution is 8.24. The number of thiocarbonyl (C=S) groups is 1. The number of nitrogens with zero attached hydrogens (tertiary/aromatic N) is 2. The Kier molecular flexibility index (Phi) is 5.24. The Labute approximate surface area is 118 Å². The lowest BCUT2D eigenvalue weighted by molar-refractivity contribution is -0.118. The van der Waals surface area contributed by atoms with E-state index in [1.54, 1.807) is 0 Å². The molecule has 104 valence electrons. The molecular weight excluding hydrogens is 270 g/mol. The largest absolute Gasteiger partial charge is 0.342 e. The van der Waals surface area contributed by atoms with Gasteiger partial charge >= 0.3 is 6.03 Å². The van der Waals surface area contributed by atoms with Gasteiger partial charge in [0.05, 0.1) is 4.75 Å². The molecule has 7 heteroatoms. The molecule has 0 unspecified atom stereocenters. The summed E-state index contributed by atoms with van der Waals surface area (Å²) in [6, 6.07) is -0.514. The summed E-state index contributed by atoms with van der Waals surface area (Å²) in [4.78, 5) is 13.5. The fourth-order valence-corrected chi connectivity index (χ4v) is 3.93. The van der Waals surface area contributed by atoms with Crippen molar-refractivity contribution in [1.82, 2.24) is 15.3 Å². The van der Waals surface area contributed by atoms with Gasteiger partial charge in [-0.05, 0) is 20.3 Å². The Morgan fingerprint density at radius 1 is 1.67 bits per heavy atom. The second-order valence-corrected chi connectivity index (χ2v) is 7.08. The van der Waals surface area contributed by atoms with Crippen molar-refractivity contribution >= 4 is 34.3 Å². The first kappa shape index (κ1) is 15.5. The third-order valence-electron chi connectivity index (χ3n) is 2.91. The van der Waals surface area contributed by atoms with E-state index in [1.165, 1.54) is 18.8 Å². The minimum Gasteiger partial charge on any atom is -0.339 e. The van der Waals surface area contributed by atoms with Crippen molar-refractivity contribution in [2.24, 2.45) is 0 Å². The van der Waals surface area contributed by atoms with E-state index in [1.807, 2.05) is 18.7 Å². The van der Waals surface area contributed by atoms with E-state index in [0.717, 1.165) is 28.8 Å². The third-order valence-corrected chi connectivity index (χ3v) is 4.54. The molecule has 18 heavy (non-hydrogen) atoms. The maximum absolute atomic E-state index is 11.6. The maximum Gasteiger partial charge on any atom is 0.342 e. The number of hydrogen-bond donors (Lipinski definition) is 2. The van der Waals surface area contributed by atoms with Crippen LogP contribution in [0.4, 0.5) is 4.79 Å². The van der Waals surface area contributed by atoms with Gasteiger partial charge in [-0.15, -0.1) is 0 Å². The lowest BCUT2D eigenvalue weighted by atomic mass is 10.1. The fourth-order valence-electron chi connectivity index (χ4n) is 2.01. The van der Waals surface area contributed by atoms with E-state index in [9.17, 15) is 10.0 Å². The van der Waals surface area contributed by atoms with Crippen molar-refractivity contribution in [3.63, 3.8) is 0 Å². The van der Waals surface area contributed by atoms with Gasteiger partial charge < -0.3 is 10.2 Å². The summed E-state index contributed by atoms with van der Waals surface area (Å²) in [7, 11) is 1.50. The highest BCUT2D eigenvalue weighted by Gasteiger charge is 2.48. The summed E-state index contributed by atoms with van der Waals surface area (Å²) in [5.41, 5.74) is 0. The number of rotatable bonds is 4. The molecule has 0 spiro atoms. The number of amides is 2. The first-order chi connectivity index (χ1) is 8.35. The van der Waals surface area contributed by atoms with Crippen LogP contribution in [0.2, 0.25) is 0 Å². The Morgan fingerprint density at radius 3 is 2.78 bits per heavy atom. The van der Waals surface area contributed by atoms with Crippen LogP contribution in [0.5, 0.6) is 0 Å². The molecule has 0 aliphatic carbocycles. The molecule has 0 aromatic rings. The van der Waals surface area contributed by atoms with Crippen LogP contribution in [0, 0.1) is 0 Å². The van der Waals surface area contributed by atoms with E-state index in [4.69, 9.17) is 12.2 Å². The van der Waals surface area contributed by atoms with Crippen molar-refractivity contribution in [3.05, 3.63) is 0 Å². The number of nitrogens with one attached hydrogen (secondary N) is 1. The molecule has 1 fully saturated rings. The molecule has 0 bridgehead atoms. The number of urea groups is 1. The molecule has 0 aromatic carbocycles. The molecule has 2 N–H and O–H groups in total. The molecule has 5 nitrogen and oxygen atoms in total. The number of carbonyl (C=O) groups excluding carboxylic acids is 1. The van der Waals surface area contributed by atoms with Crippen molar-refractivity contribution in [1.29, 1.82) is 0 Å². The summed E-state index contributed by atoms with van der Waals surface area (Å²) in [6.07, 6.45) is 1.60. The summed E-state index contributed by atoms with van der Waals surface area (Å²) >= 11 is 6.86. The van der Waals surface area contributed by atoms with Crippen LogP contribution >= 0.6 is 24.0 Å². The Balaban J connectivity index is 2.92. The smallest absolute Gasteiger partial charge is 0.339 e. The summed E-state index contributed by atoms with van der Waals surface area (Å²) in [5.74, 6) is 0. The molecule has 2 amide bonds. The monoisotopic (exact) mass is 291 g/mol. The first-order valence-electron chi connectivity index (χ1n) is 6.04. The first-order valence-corrected chi connectivity index (χ1v) is 7.27.